The van der Waals surface area contributed by atoms with Gasteiger partial charge in [0.25, 0.3) is 0 Å². The van der Waals surface area contributed by atoms with Gasteiger partial charge in [-0.15, -0.1) is 0 Å². The van der Waals surface area contributed by atoms with Gasteiger partial charge in [0.1, 0.15) is 12.3 Å². The lowest BCUT2D eigenvalue weighted by Crippen LogP contribution is -2.43. The summed E-state index contributed by atoms with van der Waals surface area (Å²) in [6.45, 7) is 0.452. The summed E-state index contributed by atoms with van der Waals surface area (Å²) in [5, 5.41) is 10.2. The highest BCUT2D eigenvalue weighted by atomic mass is 35.5. The number of halogens is 1. The average Bonchev–Trinajstić information content (AvgIpc) is 3.34. The van der Waals surface area contributed by atoms with Crippen LogP contribution in [0.15, 0.2) is 103 Å². The summed E-state index contributed by atoms with van der Waals surface area (Å²) in [7, 11) is 1.62. The number of tetrazole rings is 1. The summed E-state index contributed by atoms with van der Waals surface area (Å²) in [6, 6.07) is 33.0. The first kappa shape index (κ1) is 21.7. The second-order valence-corrected chi connectivity index (χ2v) is 7.99. The molecule has 34 heavy (non-hydrogen) atoms. The number of para-hydroxylation sites is 1. The van der Waals surface area contributed by atoms with Gasteiger partial charge in [0.05, 0.1) is 17.8 Å². The zero-order chi connectivity index (χ0) is 23.3. The van der Waals surface area contributed by atoms with Crippen molar-refractivity contribution in [2.45, 2.75) is 6.61 Å². The molecule has 0 aliphatic heterocycles. The van der Waals surface area contributed by atoms with Crippen LogP contribution in [0.5, 0.6) is 11.5 Å². The minimum atomic E-state index is 0.452. The Labute approximate surface area is 202 Å². The van der Waals surface area contributed by atoms with Crippen molar-refractivity contribution in [2.75, 3.05) is 7.11 Å². The minimum absolute atomic E-state index is 0.452. The molecule has 0 aliphatic carbocycles. The SMILES string of the molecule is COc1cc(-c2nn(-c3ccccc3)[n+](-c3ccc(Cl)cc3)n2)ccc1OCc1ccccc1. The number of hydrogen-bond acceptors (Lipinski definition) is 4. The van der Waals surface area contributed by atoms with Gasteiger partial charge in [-0.05, 0) is 70.1 Å². The summed E-state index contributed by atoms with van der Waals surface area (Å²) < 4.78 is 11.6. The number of ether oxygens (including phenoxy) is 2. The molecule has 0 saturated heterocycles. The van der Waals surface area contributed by atoms with E-state index in [1.54, 1.807) is 16.7 Å². The van der Waals surface area contributed by atoms with E-state index in [0.29, 0.717) is 29.0 Å². The number of rotatable bonds is 7. The van der Waals surface area contributed by atoms with Crippen LogP contribution in [0.2, 0.25) is 5.02 Å². The van der Waals surface area contributed by atoms with Gasteiger partial charge in [0.15, 0.2) is 17.2 Å². The Kier molecular flexibility index (Phi) is 6.23. The molecule has 0 N–H and O–H groups in total. The van der Waals surface area contributed by atoms with E-state index in [9.17, 15) is 0 Å². The quantitative estimate of drug-likeness (QED) is 0.297. The molecule has 1 aromatic heterocycles. The van der Waals surface area contributed by atoms with E-state index in [-0.39, 0.29) is 0 Å². The van der Waals surface area contributed by atoms with Crippen molar-refractivity contribution in [3.8, 4) is 34.3 Å². The fourth-order valence-corrected chi connectivity index (χ4v) is 3.66. The second kappa shape index (κ2) is 9.77. The molecule has 5 aromatic rings. The molecule has 5 rings (SSSR count). The largest absolute Gasteiger partial charge is 0.493 e. The summed E-state index contributed by atoms with van der Waals surface area (Å²) in [5.41, 5.74) is 3.61. The molecular weight excluding hydrogens is 448 g/mol. The van der Waals surface area contributed by atoms with E-state index < -0.39 is 0 Å². The second-order valence-electron chi connectivity index (χ2n) is 7.55. The van der Waals surface area contributed by atoms with Crippen molar-refractivity contribution < 1.29 is 14.3 Å². The zero-order valence-corrected chi connectivity index (χ0v) is 19.3. The van der Waals surface area contributed by atoms with Crippen LogP contribution in [0.25, 0.3) is 22.8 Å². The standard InChI is InChI=1S/C27H22ClN4O2/c1-33-26-18-21(12-17-25(26)34-19-20-8-4-2-5-9-20)27-29-31(23-10-6-3-7-11-23)32(30-27)24-15-13-22(28)14-16-24/h2-18H,19H2,1H3/q+1. The number of nitrogens with zero attached hydrogens (tertiary/aromatic N) is 4. The fraction of sp³-hybridized carbons (Fsp3) is 0.0741. The maximum absolute atomic E-state index is 6.09. The molecule has 0 spiro atoms. The van der Waals surface area contributed by atoms with Crippen molar-refractivity contribution in [3.63, 3.8) is 0 Å². The van der Waals surface area contributed by atoms with Gasteiger partial charge in [-0.3, -0.25) is 0 Å². The van der Waals surface area contributed by atoms with Crippen LogP contribution in [0, 0.1) is 0 Å². The van der Waals surface area contributed by atoms with Gasteiger partial charge < -0.3 is 9.47 Å². The Morgan fingerprint density at radius 2 is 1.53 bits per heavy atom. The summed E-state index contributed by atoms with van der Waals surface area (Å²) in [6.07, 6.45) is 0. The van der Waals surface area contributed by atoms with Crippen LogP contribution in [-0.4, -0.2) is 22.1 Å². The molecule has 0 saturated carbocycles. The van der Waals surface area contributed by atoms with E-state index in [1.807, 2.05) is 103 Å². The molecule has 0 atom stereocenters. The van der Waals surface area contributed by atoms with Crippen molar-refractivity contribution in [1.82, 2.24) is 15.0 Å². The van der Waals surface area contributed by atoms with Gasteiger partial charge in [-0.1, -0.05) is 60.1 Å². The van der Waals surface area contributed by atoms with Crippen molar-refractivity contribution in [1.29, 1.82) is 0 Å². The molecule has 0 amide bonds. The topological polar surface area (TPSA) is 53.0 Å². The molecule has 4 aromatic carbocycles. The van der Waals surface area contributed by atoms with E-state index >= 15 is 0 Å². The smallest absolute Gasteiger partial charge is 0.340 e. The highest BCUT2D eigenvalue weighted by Crippen LogP contribution is 2.32. The van der Waals surface area contributed by atoms with Gasteiger partial charge in [0, 0.05) is 9.82 Å². The first-order valence-electron chi connectivity index (χ1n) is 10.8. The lowest BCUT2D eigenvalue weighted by atomic mass is 10.2. The average molecular weight is 470 g/mol. The highest BCUT2D eigenvalue weighted by Gasteiger charge is 2.24. The van der Waals surface area contributed by atoms with Gasteiger partial charge in [-0.2, -0.15) is 0 Å². The molecule has 0 unspecified atom stereocenters. The summed E-state index contributed by atoms with van der Waals surface area (Å²) in [4.78, 5) is 3.50. The maximum Gasteiger partial charge on any atom is 0.340 e. The van der Waals surface area contributed by atoms with Gasteiger partial charge in [-0.25, -0.2) is 0 Å². The normalized spacial score (nSPS) is 10.8. The zero-order valence-electron chi connectivity index (χ0n) is 18.5. The molecule has 0 aliphatic rings. The van der Waals surface area contributed by atoms with Crippen molar-refractivity contribution in [3.05, 3.63) is 114 Å². The maximum atomic E-state index is 6.09. The third-order valence-corrected chi connectivity index (χ3v) is 5.51. The Morgan fingerprint density at radius 1 is 0.824 bits per heavy atom. The Bertz CT molecular complexity index is 1390. The molecular formula is C27H22ClN4O2+. The number of benzene rings is 4. The molecule has 168 valence electrons. The molecule has 1 heterocycles. The van der Waals surface area contributed by atoms with Crippen molar-refractivity contribution in [2.24, 2.45) is 0 Å². The lowest BCUT2D eigenvalue weighted by Gasteiger charge is -2.11. The molecule has 7 heteroatoms. The van der Waals surface area contributed by atoms with Crippen LogP contribution < -0.4 is 14.3 Å². The predicted octanol–water partition coefficient (Wildman–Crippen LogP) is 5.45. The first-order valence-corrected chi connectivity index (χ1v) is 11.2. The third kappa shape index (κ3) is 4.63. The Hall–Kier alpha value is -4.16. The van der Waals surface area contributed by atoms with Crippen molar-refractivity contribution >= 4 is 11.6 Å². The van der Waals surface area contributed by atoms with Gasteiger partial charge in [0.2, 0.25) is 0 Å². The van der Waals surface area contributed by atoms with E-state index in [1.165, 1.54) is 0 Å². The first-order chi connectivity index (χ1) is 16.7. The number of aromatic nitrogens is 4. The highest BCUT2D eigenvalue weighted by molar-refractivity contribution is 6.30. The van der Waals surface area contributed by atoms with Crippen LogP contribution in [0.3, 0.4) is 0 Å². The monoisotopic (exact) mass is 469 g/mol. The molecule has 0 bridgehead atoms. The number of methoxy groups -OCH3 is 1. The van der Waals surface area contributed by atoms with Crippen LogP contribution >= 0.6 is 11.6 Å². The van der Waals surface area contributed by atoms with Crippen LogP contribution in [-0.2, 0) is 6.61 Å². The Morgan fingerprint density at radius 3 is 2.24 bits per heavy atom. The van der Waals surface area contributed by atoms with Gasteiger partial charge >= 0.3 is 5.82 Å². The summed E-state index contributed by atoms with van der Waals surface area (Å²) in [5.74, 6) is 1.82. The van der Waals surface area contributed by atoms with Crippen LogP contribution in [0.1, 0.15) is 5.56 Å². The minimum Gasteiger partial charge on any atom is -0.493 e. The van der Waals surface area contributed by atoms with Crippen LogP contribution in [0.4, 0.5) is 0 Å². The van der Waals surface area contributed by atoms with E-state index in [4.69, 9.17) is 31.3 Å². The molecule has 0 radical (unpaired) electrons. The third-order valence-electron chi connectivity index (χ3n) is 5.26. The van der Waals surface area contributed by atoms with E-state index in [2.05, 4.69) is 0 Å². The lowest BCUT2D eigenvalue weighted by molar-refractivity contribution is -0.734. The molecule has 0 fully saturated rings. The Balaban J connectivity index is 1.51. The molecule has 6 nitrogen and oxygen atoms in total. The fourth-order valence-electron chi connectivity index (χ4n) is 3.53. The number of hydrogen-bond donors (Lipinski definition) is 0. The predicted molar refractivity (Wildman–Crippen MR) is 131 cm³/mol. The van der Waals surface area contributed by atoms with E-state index in [0.717, 1.165) is 22.5 Å². The summed E-state index contributed by atoms with van der Waals surface area (Å²) >= 11 is 6.09.